The van der Waals surface area contributed by atoms with Crippen molar-refractivity contribution in [1.82, 2.24) is 5.32 Å². The lowest BCUT2D eigenvalue weighted by Crippen LogP contribution is -2.22. The fourth-order valence-electron chi connectivity index (χ4n) is 2.32. The summed E-state index contributed by atoms with van der Waals surface area (Å²) in [6, 6.07) is 11.0. The van der Waals surface area contributed by atoms with E-state index in [-0.39, 0.29) is 0 Å². The van der Waals surface area contributed by atoms with Crippen molar-refractivity contribution in [2.45, 2.75) is 31.8 Å². The lowest BCUT2D eigenvalue weighted by molar-refractivity contribution is 0.482. The average Bonchev–Trinajstić information content (AvgIpc) is 2.66. The van der Waals surface area contributed by atoms with Crippen molar-refractivity contribution < 1.29 is 0 Å². The van der Waals surface area contributed by atoms with Gasteiger partial charge in [0.2, 0.25) is 0 Å². The van der Waals surface area contributed by atoms with Crippen molar-refractivity contribution in [2.75, 3.05) is 6.54 Å². The molecule has 1 aliphatic rings. The van der Waals surface area contributed by atoms with E-state index in [9.17, 15) is 0 Å². The maximum Gasteiger partial charge on any atom is 0.0205 e. The Morgan fingerprint density at radius 3 is 2.67 bits per heavy atom. The highest BCUT2D eigenvalue weighted by molar-refractivity contribution is 5.14. The third-order valence-electron chi connectivity index (χ3n) is 3.19. The van der Waals surface area contributed by atoms with Gasteiger partial charge in [0.1, 0.15) is 0 Å². The van der Waals surface area contributed by atoms with Gasteiger partial charge >= 0.3 is 0 Å². The summed E-state index contributed by atoms with van der Waals surface area (Å²) in [5.74, 6) is 0.795. The molecule has 3 N–H and O–H groups in total. The SMILES string of the molecule is NC1CCC(CNCc2ccccc2)C1. The highest BCUT2D eigenvalue weighted by Crippen LogP contribution is 2.23. The second kappa shape index (κ2) is 5.29. The summed E-state index contributed by atoms with van der Waals surface area (Å²) in [4.78, 5) is 0. The van der Waals surface area contributed by atoms with Gasteiger partial charge in [0.25, 0.3) is 0 Å². The zero-order chi connectivity index (χ0) is 10.5. The first-order valence-electron chi connectivity index (χ1n) is 5.85. The second-order valence-electron chi connectivity index (χ2n) is 4.56. The van der Waals surface area contributed by atoms with Gasteiger partial charge in [-0.1, -0.05) is 30.3 Å². The molecule has 0 bridgehead atoms. The summed E-state index contributed by atoms with van der Waals surface area (Å²) in [7, 11) is 0. The van der Waals surface area contributed by atoms with Crippen LogP contribution in [0.3, 0.4) is 0 Å². The summed E-state index contributed by atoms with van der Waals surface area (Å²) in [5.41, 5.74) is 7.24. The Hall–Kier alpha value is -0.860. The van der Waals surface area contributed by atoms with Crippen molar-refractivity contribution in [2.24, 2.45) is 11.7 Å². The van der Waals surface area contributed by atoms with Gasteiger partial charge in [0.05, 0.1) is 0 Å². The molecule has 0 saturated heterocycles. The van der Waals surface area contributed by atoms with Crippen LogP contribution in [-0.4, -0.2) is 12.6 Å². The summed E-state index contributed by atoms with van der Waals surface area (Å²) in [6.07, 6.45) is 3.70. The third kappa shape index (κ3) is 3.33. The minimum absolute atomic E-state index is 0.452. The molecule has 0 aliphatic heterocycles. The molecule has 2 unspecified atom stereocenters. The molecule has 0 spiro atoms. The Bertz CT molecular complexity index is 284. The molecule has 0 radical (unpaired) electrons. The Labute approximate surface area is 91.9 Å². The smallest absolute Gasteiger partial charge is 0.0205 e. The highest BCUT2D eigenvalue weighted by atomic mass is 14.9. The average molecular weight is 204 g/mol. The molecule has 2 heteroatoms. The molecule has 2 atom stereocenters. The van der Waals surface area contributed by atoms with Gasteiger partial charge in [-0.15, -0.1) is 0 Å². The van der Waals surface area contributed by atoms with Crippen LogP contribution in [0.1, 0.15) is 24.8 Å². The second-order valence-corrected chi connectivity index (χ2v) is 4.56. The van der Waals surface area contributed by atoms with E-state index in [1.165, 1.54) is 24.8 Å². The fourth-order valence-corrected chi connectivity index (χ4v) is 2.32. The summed E-state index contributed by atoms with van der Waals surface area (Å²) in [6.45, 7) is 2.09. The maximum atomic E-state index is 5.88. The monoisotopic (exact) mass is 204 g/mol. The van der Waals surface area contributed by atoms with Gasteiger partial charge in [-0.05, 0) is 37.3 Å². The van der Waals surface area contributed by atoms with Gasteiger partial charge in [0.15, 0.2) is 0 Å². The van der Waals surface area contributed by atoms with E-state index in [2.05, 4.69) is 35.6 Å². The topological polar surface area (TPSA) is 38.0 Å². The molecule has 1 saturated carbocycles. The molecule has 0 aromatic heterocycles. The molecule has 15 heavy (non-hydrogen) atoms. The number of benzene rings is 1. The van der Waals surface area contributed by atoms with Gasteiger partial charge in [-0.3, -0.25) is 0 Å². The van der Waals surface area contributed by atoms with Crippen LogP contribution in [0.4, 0.5) is 0 Å². The molecule has 1 aromatic rings. The number of nitrogens with two attached hydrogens (primary N) is 1. The van der Waals surface area contributed by atoms with Crippen molar-refractivity contribution in [3.8, 4) is 0 Å². The molecule has 1 aromatic carbocycles. The normalized spacial score (nSPS) is 25.7. The summed E-state index contributed by atoms with van der Waals surface area (Å²) in [5, 5.41) is 3.51. The van der Waals surface area contributed by atoms with Gasteiger partial charge in [-0.2, -0.15) is 0 Å². The largest absolute Gasteiger partial charge is 0.328 e. The molecule has 2 rings (SSSR count). The Balaban J connectivity index is 1.67. The van der Waals surface area contributed by atoms with Crippen LogP contribution in [0.5, 0.6) is 0 Å². The number of rotatable bonds is 4. The molecular formula is C13H20N2. The zero-order valence-corrected chi connectivity index (χ0v) is 9.15. The van der Waals surface area contributed by atoms with Crippen LogP contribution < -0.4 is 11.1 Å². The van der Waals surface area contributed by atoms with Gasteiger partial charge in [-0.25, -0.2) is 0 Å². The van der Waals surface area contributed by atoms with Crippen LogP contribution in [0.15, 0.2) is 30.3 Å². The predicted molar refractivity (Wildman–Crippen MR) is 63.5 cm³/mol. The minimum Gasteiger partial charge on any atom is -0.328 e. The Morgan fingerprint density at radius 2 is 2.00 bits per heavy atom. The lowest BCUT2D eigenvalue weighted by atomic mass is 10.1. The van der Waals surface area contributed by atoms with Crippen LogP contribution in [-0.2, 0) is 6.54 Å². The molecular weight excluding hydrogens is 184 g/mol. The Kier molecular flexibility index (Phi) is 3.75. The third-order valence-corrected chi connectivity index (χ3v) is 3.19. The highest BCUT2D eigenvalue weighted by Gasteiger charge is 2.20. The molecule has 1 aliphatic carbocycles. The van der Waals surface area contributed by atoms with Gasteiger partial charge < -0.3 is 11.1 Å². The van der Waals surface area contributed by atoms with E-state index in [0.29, 0.717) is 6.04 Å². The number of nitrogens with one attached hydrogen (secondary N) is 1. The molecule has 82 valence electrons. The molecule has 2 nitrogen and oxygen atoms in total. The van der Waals surface area contributed by atoms with E-state index in [1.807, 2.05) is 0 Å². The van der Waals surface area contributed by atoms with E-state index in [0.717, 1.165) is 19.0 Å². The van der Waals surface area contributed by atoms with Crippen LogP contribution in [0.2, 0.25) is 0 Å². The van der Waals surface area contributed by atoms with Crippen molar-refractivity contribution in [1.29, 1.82) is 0 Å². The van der Waals surface area contributed by atoms with Crippen molar-refractivity contribution >= 4 is 0 Å². The molecule has 0 heterocycles. The summed E-state index contributed by atoms with van der Waals surface area (Å²) >= 11 is 0. The first-order valence-corrected chi connectivity index (χ1v) is 5.85. The predicted octanol–water partition coefficient (Wildman–Crippen LogP) is 1.90. The number of hydrogen-bond donors (Lipinski definition) is 2. The van der Waals surface area contributed by atoms with E-state index < -0.39 is 0 Å². The maximum absolute atomic E-state index is 5.88. The fraction of sp³-hybridized carbons (Fsp3) is 0.538. The lowest BCUT2D eigenvalue weighted by Gasteiger charge is -2.10. The number of hydrogen-bond acceptors (Lipinski definition) is 2. The van der Waals surface area contributed by atoms with E-state index >= 15 is 0 Å². The van der Waals surface area contributed by atoms with Crippen LogP contribution in [0, 0.1) is 5.92 Å². The van der Waals surface area contributed by atoms with E-state index in [1.54, 1.807) is 0 Å². The molecule has 1 fully saturated rings. The van der Waals surface area contributed by atoms with Crippen molar-refractivity contribution in [3.63, 3.8) is 0 Å². The van der Waals surface area contributed by atoms with E-state index in [4.69, 9.17) is 5.73 Å². The zero-order valence-electron chi connectivity index (χ0n) is 9.15. The minimum atomic E-state index is 0.452. The van der Waals surface area contributed by atoms with Crippen LogP contribution >= 0.6 is 0 Å². The first-order chi connectivity index (χ1) is 7.34. The van der Waals surface area contributed by atoms with Crippen LogP contribution in [0.25, 0.3) is 0 Å². The standard InChI is InChI=1S/C13H20N2/c14-13-7-6-12(8-13)10-15-9-11-4-2-1-3-5-11/h1-5,12-13,15H,6-10,14H2. The quantitative estimate of drug-likeness (QED) is 0.786. The summed E-state index contributed by atoms with van der Waals surface area (Å²) < 4.78 is 0. The van der Waals surface area contributed by atoms with Gasteiger partial charge in [0, 0.05) is 12.6 Å². The Morgan fingerprint density at radius 1 is 1.20 bits per heavy atom. The van der Waals surface area contributed by atoms with Crippen molar-refractivity contribution in [3.05, 3.63) is 35.9 Å². The first kappa shape index (κ1) is 10.7. The molecule has 0 amide bonds.